The topological polar surface area (TPSA) is 20.2 Å². The molecule has 1 atom stereocenters. The minimum atomic E-state index is -0.950. The van der Waals surface area contributed by atoms with E-state index in [9.17, 15) is 9.50 Å². The minimum absolute atomic E-state index is 0.238. The summed E-state index contributed by atoms with van der Waals surface area (Å²) in [7, 11) is 0. The molecular weight excluding hydrogens is 251 g/mol. The van der Waals surface area contributed by atoms with Crippen molar-refractivity contribution in [3.63, 3.8) is 0 Å². The molecule has 1 N–H and O–H groups in total. The van der Waals surface area contributed by atoms with Crippen LogP contribution in [0.1, 0.15) is 36.1 Å². The molecule has 2 heteroatoms. The highest BCUT2D eigenvalue weighted by atomic mass is 19.1. The average molecular weight is 272 g/mol. The zero-order chi connectivity index (χ0) is 14.8. The van der Waals surface area contributed by atoms with Crippen LogP contribution in [0.4, 0.5) is 4.39 Å². The summed E-state index contributed by atoms with van der Waals surface area (Å²) in [5.41, 5.74) is 3.03. The average Bonchev–Trinajstić information content (AvgIpc) is 2.42. The van der Waals surface area contributed by atoms with Crippen LogP contribution in [-0.4, -0.2) is 5.11 Å². The van der Waals surface area contributed by atoms with Gasteiger partial charge in [0.1, 0.15) is 5.82 Å². The first-order valence-corrected chi connectivity index (χ1v) is 6.99. The number of aryl methyl sites for hydroxylation is 2. The summed E-state index contributed by atoms with van der Waals surface area (Å²) in [4.78, 5) is 0. The smallest absolute Gasteiger partial charge is 0.123 e. The quantitative estimate of drug-likeness (QED) is 0.886. The van der Waals surface area contributed by atoms with Gasteiger partial charge in [-0.05, 0) is 54.7 Å². The van der Waals surface area contributed by atoms with Gasteiger partial charge < -0.3 is 5.11 Å². The second-order valence-electron chi connectivity index (χ2n) is 5.57. The summed E-state index contributed by atoms with van der Waals surface area (Å²) in [6.45, 7) is 5.78. The predicted molar refractivity (Wildman–Crippen MR) is 80.2 cm³/mol. The zero-order valence-corrected chi connectivity index (χ0v) is 12.3. The molecule has 0 radical (unpaired) electrons. The third kappa shape index (κ3) is 3.26. The fourth-order valence-electron chi connectivity index (χ4n) is 2.43. The molecule has 0 saturated heterocycles. The van der Waals surface area contributed by atoms with Crippen molar-refractivity contribution < 1.29 is 9.50 Å². The van der Waals surface area contributed by atoms with Gasteiger partial charge in [-0.25, -0.2) is 4.39 Å². The number of hydrogen-bond donors (Lipinski definition) is 1. The highest BCUT2D eigenvalue weighted by molar-refractivity contribution is 5.32. The SMILES string of the molecule is CCc1ccc(C(C)(O)Cc2ccc(F)cc2C)cc1. The highest BCUT2D eigenvalue weighted by Crippen LogP contribution is 2.27. The first-order chi connectivity index (χ1) is 9.42. The van der Waals surface area contributed by atoms with Crippen molar-refractivity contribution in [1.29, 1.82) is 0 Å². The molecule has 0 bridgehead atoms. The lowest BCUT2D eigenvalue weighted by molar-refractivity contribution is 0.0574. The van der Waals surface area contributed by atoms with E-state index in [0.29, 0.717) is 6.42 Å². The van der Waals surface area contributed by atoms with Crippen LogP contribution in [0.2, 0.25) is 0 Å². The van der Waals surface area contributed by atoms with E-state index in [1.54, 1.807) is 13.0 Å². The Morgan fingerprint density at radius 2 is 1.75 bits per heavy atom. The van der Waals surface area contributed by atoms with Crippen LogP contribution in [0, 0.1) is 12.7 Å². The Kier molecular flexibility index (Phi) is 4.24. The zero-order valence-electron chi connectivity index (χ0n) is 12.3. The second kappa shape index (κ2) is 5.76. The summed E-state index contributed by atoms with van der Waals surface area (Å²) >= 11 is 0. The lowest BCUT2D eigenvalue weighted by Gasteiger charge is -2.25. The minimum Gasteiger partial charge on any atom is -0.385 e. The lowest BCUT2D eigenvalue weighted by Crippen LogP contribution is -2.24. The van der Waals surface area contributed by atoms with Crippen LogP contribution in [0.15, 0.2) is 42.5 Å². The van der Waals surface area contributed by atoms with Crippen LogP contribution in [0.5, 0.6) is 0 Å². The number of rotatable bonds is 4. The fraction of sp³-hybridized carbons (Fsp3) is 0.333. The normalized spacial score (nSPS) is 14.1. The van der Waals surface area contributed by atoms with E-state index in [-0.39, 0.29) is 5.82 Å². The van der Waals surface area contributed by atoms with Crippen LogP contribution >= 0.6 is 0 Å². The highest BCUT2D eigenvalue weighted by Gasteiger charge is 2.24. The van der Waals surface area contributed by atoms with Crippen molar-refractivity contribution in [2.45, 2.75) is 39.2 Å². The van der Waals surface area contributed by atoms with Gasteiger partial charge >= 0.3 is 0 Å². The van der Waals surface area contributed by atoms with E-state index in [1.807, 2.05) is 31.2 Å². The number of halogens is 1. The van der Waals surface area contributed by atoms with Crippen LogP contribution < -0.4 is 0 Å². The Hall–Kier alpha value is -1.67. The van der Waals surface area contributed by atoms with Crippen LogP contribution in [-0.2, 0) is 18.4 Å². The first kappa shape index (κ1) is 14.7. The molecule has 106 valence electrons. The Balaban J connectivity index is 2.25. The largest absolute Gasteiger partial charge is 0.385 e. The summed E-state index contributed by atoms with van der Waals surface area (Å²) < 4.78 is 13.1. The third-order valence-electron chi connectivity index (χ3n) is 3.82. The molecule has 2 aromatic rings. The van der Waals surface area contributed by atoms with Gasteiger partial charge in [-0.3, -0.25) is 0 Å². The molecule has 0 heterocycles. The van der Waals surface area contributed by atoms with Crippen molar-refractivity contribution in [3.05, 3.63) is 70.5 Å². The Bertz CT molecular complexity index is 585. The molecular formula is C18H21FO. The van der Waals surface area contributed by atoms with Gasteiger partial charge in [-0.15, -0.1) is 0 Å². The van der Waals surface area contributed by atoms with Gasteiger partial charge in [0.15, 0.2) is 0 Å². The molecule has 0 aromatic heterocycles. The monoisotopic (exact) mass is 272 g/mol. The molecule has 0 saturated carbocycles. The Labute approximate surface area is 120 Å². The van der Waals surface area contributed by atoms with Gasteiger partial charge in [0.2, 0.25) is 0 Å². The van der Waals surface area contributed by atoms with Gasteiger partial charge in [-0.2, -0.15) is 0 Å². The predicted octanol–water partition coefficient (Wildman–Crippen LogP) is 4.15. The van der Waals surface area contributed by atoms with Crippen molar-refractivity contribution >= 4 is 0 Å². The van der Waals surface area contributed by atoms with E-state index in [1.165, 1.54) is 17.7 Å². The molecule has 2 rings (SSSR count). The van der Waals surface area contributed by atoms with E-state index in [4.69, 9.17) is 0 Å². The molecule has 1 unspecified atom stereocenters. The number of hydrogen-bond acceptors (Lipinski definition) is 1. The molecule has 0 amide bonds. The number of aliphatic hydroxyl groups is 1. The Morgan fingerprint density at radius 1 is 1.10 bits per heavy atom. The molecule has 0 spiro atoms. The molecule has 1 nitrogen and oxygen atoms in total. The molecule has 20 heavy (non-hydrogen) atoms. The van der Waals surface area contributed by atoms with E-state index < -0.39 is 5.60 Å². The van der Waals surface area contributed by atoms with Gasteiger partial charge in [-0.1, -0.05) is 37.3 Å². The summed E-state index contributed by atoms with van der Waals surface area (Å²) in [5, 5.41) is 10.7. The second-order valence-corrected chi connectivity index (χ2v) is 5.57. The standard InChI is InChI=1S/C18H21FO/c1-4-14-5-8-16(9-6-14)18(3,20)12-15-7-10-17(19)11-13(15)2/h5-11,20H,4,12H2,1-3H3. The van der Waals surface area contributed by atoms with Crippen molar-refractivity contribution in [3.8, 4) is 0 Å². The van der Waals surface area contributed by atoms with E-state index >= 15 is 0 Å². The van der Waals surface area contributed by atoms with Gasteiger partial charge in [0.05, 0.1) is 5.60 Å². The molecule has 0 fully saturated rings. The maximum Gasteiger partial charge on any atom is 0.123 e. The third-order valence-corrected chi connectivity index (χ3v) is 3.82. The van der Waals surface area contributed by atoms with Crippen LogP contribution in [0.25, 0.3) is 0 Å². The number of benzene rings is 2. The lowest BCUT2D eigenvalue weighted by atomic mass is 9.87. The summed E-state index contributed by atoms with van der Waals surface area (Å²) in [5.74, 6) is -0.238. The van der Waals surface area contributed by atoms with E-state index in [0.717, 1.165) is 23.1 Å². The molecule has 0 aliphatic carbocycles. The van der Waals surface area contributed by atoms with E-state index in [2.05, 4.69) is 6.92 Å². The molecule has 2 aromatic carbocycles. The fourth-order valence-corrected chi connectivity index (χ4v) is 2.43. The maximum atomic E-state index is 13.1. The Morgan fingerprint density at radius 3 is 2.30 bits per heavy atom. The van der Waals surface area contributed by atoms with Gasteiger partial charge in [0.25, 0.3) is 0 Å². The molecule has 0 aliphatic heterocycles. The van der Waals surface area contributed by atoms with Crippen LogP contribution in [0.3, 0.4) is 0 Å². The molecule has 0 aliphatic rings. The maximum absolute atomic E-state index is 13.1. The first-order valence-electron chi connectivity index (χ1n) is 6.99. The van der Waals surface area contributed by atoms with Crippen molar-refractivity contribution in [2.75, 3.05) is 0 Å². The van der Waals surface area contributed by atoms with Gasteiger partial charge in [0, 0.05) is 6.42 Å². The summed E-state index contributed by atoms with van der Waals surface area (Å²) in [6, 6.07) is 12.7. The summed E-state index contributed by atoms with van der Waals surface area (Å²) in [6.07, 6.45) is 1.46. The van der Waals surface area contributed by atoms with Crippen molar-refractivity contribution in [2.24, 2.45) is 0 Å². The van der Waals surface area contributed by atoms with Crippen molar-refractivity contribution in [1.82, 2.24) is 0 Å².